The van der Waals surface area contributed by atoms with Crippen LogP contribution in [0.5, 0.6) is 0 Å². The van der Waals surface area contributed by atoms with E-state index in [2.05, 4.69) is 5.32 Å². The van der Waals surface area contributed by atoms with Gasteiger partial charge in [0, 0.05) is 30.3 Å². The number of nitrogens with one attached hydrogen (secondary N) is 1. The standard InChI is InChI=1S/C14H18ClNO4S/c15-21(18,19)13-6-3-11(4-7-13)10-16-14(17)8-5-12-2-1-9-20-12/h3-4,6-7,12H,1-2,5,8-10H2,(H,16,17). The Morgan fingerprint density at radius 2 is 2.05 bits per heavy atom. The van der Waals surface area contributed by atoms with Crippen molar-refractivity contribution >= 4 is 25.6 Å². The van der Waals surface area contributed by atoms with Gasteiger partial charge in [0.1, 0.15) is 0 Å². The lowest BCUT2D eigenvalue weighted by molar-refractivity contribution is -0.121. The highest BCUT2D eigenvalue weighted by molar-refractivity contribution is 8.13. The SMILES string of the molecule is O=C(CCC1CCCO1)NCc1ccc(S(=O)(=O)Cl)cc1. The summed E-state index contributed by atoms with van der Waals surface area (Å²) in [6.07, 6.45) is 3.50. The van der Waals surface area contributed by atoms with E-state index in [1.807, 2.05) is 0 Å². The lowest BCUT2D eigenvalue weighted by Crippen LogP contribution is -2.23. The topological polar surface area (TPSA) is 72.5 Å². The van der Waals surface area contributed by atoms with Crippen LogP contribution in [0, 0.1) is 0 Å². The molecule has 1 saturated heterocycles. The number of carbonyl (C=O) groups is 1. The van der Waals surface area contributed by atoms with E-state index in [9.17, 15) is 13.2 Å². The van der Waals surface area contributed by atoms with Crippen molar-refractivity contribution in [2.75, 3.05) is 6.61 Å². The third-order valence-electron chi connectivity index (χ3n) is 3.41. The van der Waals surface area contributed by atoms with Gasteiger partial charge in [-0.05, 0) is 37.0 Å². The van der Waals surface area contributed by atoms with Crippen LogP contribution in [0.4, 0.5) is 0 Å². The van der Waals surface area contributed by atoms with Gasteiger partial charge in [0.15, 0.2) is 0 Å². The van der Waals surface area contributed by atoms with E-state index in [4.69, 9.17) is 15.4 Å². The third-order valence-corrected chi connectivity index (χ3v) is 4.78. The van der Waals surface area contributed by atoms with Crippen LogP contribution in [0.15, 0.2) is 29.2 Å². The van der Waals surface area contributed by atoms with E-state index in [1.165, 1.54) is 12.1 Å². The fourth-order valence-corrected chi connectivity index (χ4v) is 2.99. The molecule has 116 valence electrons. The monoisotopic (exact) mass is 331 g/mol. The second-order valence-corrected chi connectivity index (χ2v) is 7.60. The Labute approximate surface area is 129 Å². The van der Waals surface area contributed by atoms with Crippen LogP contribution < -0.4 is 5.32 Å². The number of hydrogen-bond acceptors (Lipinski definition) is 4. The summed E-state index contributed by atoms with van der Waals surface area (Å²) in [5.41, 5.74) is 0.824. The molecule has 0 radical (unpaired) electrons. The van der Waals surface area contributed by atoms with Crippen molar-refractivity contribution in [2.24, 2.45) is 0 Å². The average Bonchev–Trinajstić information content (AvgIpc) is 2.95. The smallest absolute Gasteiger partial charge is 0.261 e. The first-order chi connectivity index (χ1) is 9.95. The van der Waals surface area contributed by atoms with Crippen LogP contribution in [-0.4, -0.2) is 27.0 Å². The van der Waals surface area contributed by atoms with Crippen LogP contribution >= 0.6 is 10.7 Å². The van der Waals surface area contributed by atoms with Crippen molar-refractivity contribution in [2.45, 2.75) is 43.2 Å². The van der Waals surface area contributed by atoms with Crippen LogP contribution in [0.3, 0.4) is 0 Å². The van der Waals surface area contributed by atoms with Gasteiger partial charge in [-0.3, -0.25) is 4.79 Å². The zero-order valence-corrected chi connectivity index (χ0v) is 13.1. The van der Waals surface area contributed by atoms with Crippen molar-refractivity contribution in [3.05, 3.63) is 29.8 Å². The van der Waals surface area contributed by atoms with Crippen LogP contribution in [0.2, 0.25) is 0 Å². The lowest BCUT2D eigenvalue weighted by atomic mass is 10.1. The molecule has 1 aromatic carbocycles. The number of halogens is 1. The maximum atomic E-state index is 11.7. The Morgan fingerprint density at radius 3 is 2.62 bits per heavy atom. The molecule has 1 atom stereocenters. The van der Waals surface area contributed by atoms with Gasteiger partial charge in [0.2, 0.25) is 5.91 Å². The zero-order chi connectivity index (χ0) is 15.3. The third kappa shape index (κ3) is 5.30. The minimum atomic E-state index is -3.70. The van der Waals surface area contributed by atoms with Crippen LogP contribution in [0.1, 0.15) is 31.2 Å². The second kappa shape index (κ2) is 7.24. The van der Waals surface area contributed by atoms with Crippen molar-refractivity contribution in [3.63, 3.8) is 0 Å². The Bertz CT molecular complexity index is 579. The summed E-state index contributed by atoms with van der Waals surface area (Å²) in [5.74, 6) is -0.0282. The molecule has 1 N–H and O–H groups in total. The predicted octanol–water partition coefficient (Wildman–Crippen LogP) is 2.19. The number of hydrogen-bond donors (Lipinski definition) is 1. The molecule has 1 aromatic rings. The van der Waals surface area contributed by atoms with Crippen molar-refractivity contribution < 1.29 is 17.9 Å². The summed E-state index contributed by atoms with van der Waals surface area (Å²) in [5, 5.41) is 2.80. The Morgan fingerprint density at radius 1 is 1.33 bits per heavy atom. The number of amides is 1. The summed E-state index contributed by atoms with van der Waals surface area (Å²) < 4.78 is 27.7. The van der Waals surface area contributed by atoms with Gasteiger partial charge in [-0.1, -0.05) is 12.1 Å². The molecule has 1 aliphatic rings. The molecular weight excluding hydrogens is 314 g/mol. The lowest BCUT2D eigenvalue weighted by Gasteiger charge is -2.09. The van der Waals surface area contributed by atoms with Gasteiger partial charge in [-0.2, -0.15) is 0 Å². The molecule has 1 unspecified atom stereocenters. The molecular formula is C14H18ClNO4S. The molecule has 2 rings (SSSR count). The van der Waals surface area contributed by atoms with E-state index in [1.54, 1.807) is 12.1 Å². The molecule has 5 nitrogen and oxygen atoms in total. The van der Waals surface area contributed by atoms with E-state index >= 15 is 0 Å². The van der Waals surface area contributed by atoms with Gasteiger partial charge in [-0.15, -0.1) is 0 Å². The molecule has 0 aromatic heterocycles. The molecule has 1 fully saturated rings. The zero-order valence-electron chi connectivity index (χ0n) is 11.5. The summed E-state index contributed by atoms with van der Waals surface area (Å²) in [4.78, 5) is 11.8. The first-order valence-electron chi connectivity index (χ1n) is 6.87. The highest BCUT2D eigenvalue weighted by atomic mass is 35.7. The second-order valence-electron chi connectivity index (χ2n) is 5.03. The maximum absolute atomic E-state index is 11.7. The minimum Gasteiger partial charge on any atom is -0.378 e. The molecule has 1 aliphatic heterocycles. The van der Waals surface area contributed by atoms with E-state index < -0.39 is 9.05 Å². The average molecular weight is 332 g/mol. The molecule has 1 amide bonds. The number of ether oxygens (including phenoxy) is 1. The number of carbonyl (C=O) groups excluding carboxylic acids is 1. The fourth-order valence-electron chi connectivity index (χ4n) is 2.22. The Balaban J connectivity index is 1.75. The minimum absolute atomic E-state index is 0.0282. The van der Waals surface area contributed by atoms with Gasteiger partial charge >= 0.3 is 0 Å². The Kier molecular flexibility index (Phi) is 5.61. The molecule has 1 heterocycles. The molecule has 0 aliphatic carbocycles. The molecule has 0 saturated carbocycles. The highest BCUT2D eigenvalue weighted by Gasteiger charge is 2.16. The van der Waals surface area contributed by atoms with Crippen molar-refractivity contribution in [3.8, 4) is 0 Å². The van der Waals surface area contributed by atoms with Crippen LogP contribution in [0.25, 0.3) is 0 Å². The summed E-state index contributed by atoms with van der Waals surface area (Å²) in [6, 6.07) is 6.12. The molecule has 7 heteroatoms. The van der Waals surface area contributed by atoms with Gasteiger partial charge in [-0.25, -0.2) is 8.42 Å². The first-order valence-corrected chi connectivity index (χ1v) is 9.18. The summed E-state index contributed by atoms with van der Waals surface area (Å²) >= 11 is 0. The normalized spacial score (nSPS) is 18.6. The van der Waals surface area contributed by atoms with Crippen molar-refractivity contribution in [1.29, 1.82) is 0 Å². The summed E-state index contributed by atoms with van der Waals surface area (Å²) in [6.45, 7) is 1.16. The summed E-state index contributed by atoms with van der Waals surface area (Å²) in [7, 11) is 1.53. The number of benzene rings is 1. The largest absolute Gasteiger partial charge is 0.378 e. The first kappa shape index (κ1) is 16.3. The molecule has 0 bridgehead atoms. The molecule has 0 spiro atoms. The van der Waals surface area contributed by atoms with Gasteiger partial charge in [0.25, 0.3) is 9.05 Å². The highest BCUT2D eigenvalue weighted by Crippen LogP contribution is 2.17. The van der Waals surface area contributed by atoms with E-state index in [0.29, 0.717) is 13.0 Å². The quantitative estimate of drug-likeness (QED) is 0.811. The van der Waals surface area contributed by atoms with Crippen molar-refractivity contribution in [1.82, 2.24) is 5.32 Å². The Hall–Kier alpha value is -1.11. The van der Waals surface area contributed by atoms with E-state index in [0.717, 1.165) is 31.4 Å². The van der Waals surface area contributed by atoms with Gasteiger partial charge < -0.3 is 10.1 Å². The predicted molar refractivity (Wildman–Crippen MR) is 79.5 cm³/mol. The maximum Gasteiger partial charge on any atom is 0.261 e. The van der Waals surface area contributed by atoms with E-state index in [-0.39, 0.29) is 16.9 Å². The molecule has 21 heavy (non-hydrogen) atoms. The fraction of sp³-hybridized carbons (Fsp3) is 0.500. The van der Waals surface area contributed by atoms with Crippen LogP contribution in [-0.2, 0) is 25.1 Å². The number of rotatable bonds is 6. The van der Waals surface area contributed by atoms with Gasteiger partial charge in [0.05, 0.1) is 11.0 Å².